The van der Waals surface area contributed by atoms with Crippen LogP contribution in [0.2, 0.25) is 0 Å². The Balaban J connectivity index is 0.961. The normalized spacial score (nSPS) is 16.7. The van der Waals surface area contributed by atoms with Crippen LogP contribution in [-0.2, 0) is 27.2 Å². The number of anilines is 2. The van der Waals surface area contributed by atoms with Gasteiger partial charge in [-0.05, 0) is 157 Å². The van der Waals surface area contributed by atoms with E-state index in [2.05, 4.69) is 33.1 Å². The molecule has 1 spiro atoms. The summed E-state index contributed by atoms with van der Waals surface area (Å²) in [6, 6.07) is 23.7. The number of likely N-dealkylation sites (tertiary alicyclic amines) is 1. The molecule has 61 heavy (non-hydrogen) atoms. The van der Waals surface area contributed by atoms with E-state index in [-0.39, 0.29) is 17.9 Å². The molecule has 1 saturated carbocycles. The number of para-hydroxylation sites is 1. The molecule has 322 valence electrons. The van der Waals surface area contributed by atoms with Gasteiger partial charge in [-0.25, -0.2) is 14.8 Å². The van der Waals surface area contributed by atoms with Gasteiger partial charge in [0, 0.05) is 44.0 Å². The van der Waals surface area contributed by atoms with E-state index in [0.29, 0.717) is 66.3 Å². The first-order valence-electron chi connectivity index (χ1n) is 21.9. The molecule has 1 aliphatic carbocycles. The number of nitrogens with zero attached hydrogens (tertiary/aromatic N) is 4. The summed E-state index contributed by atoms with van der Waals surface area (Å²) in [5.41, 5.74) is 5.99. The number of aromatic nitrogens is 2. The van der Waals surface area contributed by atoms with Crippen LogP contribution in [0.25, 0.3) is 21.3 Å². The van der Waals surface area contributed by atoms with E-state index < -0.39 is 11.6 Å². The van der Waals surface area contributed by atoms with Crippen LogP contribution >= 0.6 is 11.3 Å². The van der Waals surface area contributed by atoms with Gasteiger partial charge in [-0.2, -0.15) is 0 Å². The van der Waals surface area contributed by atoms with Gasteiger partial charge in [0.05, 0.1) is 16.8 Å². The lowest BCUT2D eigenvalue weighted by Gasteiger charge is -2.52. The Morgan fingerprint density at radius 3 is 2.39 bits per heavy atom. The number of ether oxygens (including phenoxy) is 4. The average molecular weight is 846 g/mol. The van der Waals surface area contributed by atoms with E-state index in [1.165, 1.54) is 37.0 Å². The molecule has 12 heteroatoms. The van der Waals surface area contributed by atoms with Gasteiger partial charge in [-0.1, -0.05) is 47.7 Å². The average Bonchev–Trinajstić information content (AvgIpc) is 3.64. The van der Waals surface area contributed by atoms with Crippen molar-refractivity contribution in [3.63, 3.8) is 0 Å². The smallest absolute Gasteiger partial charge is 0.358 e. The zero-order chi connectivity index (χ0) is 42.7. The summed E-state index contributed by atoms with van der Waals surface area (Å²) in [4.78, 5) is 42.0. The maximum Gasteiger partial charge on any atom is 0.358 e. The molecule has 0 unspecified atom stereocenters. The molecule has 3 aromatic carbocycles. The Hall–Kier alpha value is -4.88. The summed E-state index contributed by atoms with van der Waals surface area (Å²) >= 11 is 1.46. The third-order valence-corrected chi connectivity index (χ3v) is 13.3. The van der Waals surface area contributed by atoms with Crippen LogP contribution in [-0.4, -0.2) is 84.6 Å². The fraction of sp³-hybridized carbons (Fsp3) is 0.469. The second kappa shape index (κ2) is 18.2. The molecule has 0 radical (unpaired) electrons. The lowest BCUT2D eigenvalue weighted by Crippen LogP contribution is -2.50. The molecule has 2 fully saturated rings. The lowest BCUT2D eigenvalue weighted by atomic mass is 9.58. The molecular weight excluding hydrogens is 787 g/mol. The SMILES string of the molecule is CCOC(CN1CCC2(CC1)CC(COc1cccc(-c3ccc(N4CCc5cccc(C(=O)Nc6nc7ccccc7s6)c5C4)nc3C(=O)OC(C)(C)C)c1C)C2)OCC. The molecule has 4 heterocycles. The van der Waals surface area contributed by atoms with Gasteiger partial charge < -0.3 is 23.8 Å². The Kier molecular flexibility index (Phi) is 12.8. The summed E-state index contributed by atoms with van der Waals surface area (Å²) in [6.07, 6.45) is 5.34. The predicted octanol–water partition coefficient (Wildman–Crippen LogP) is 9.71. The van der Waals surface area contributed by atoms with Gasteiger partial charge in [0.15, 0.2) is 17.1 Å². The summed E-state index contributed by atoms with van der Waals surface area (Å²) < 4.78 is 25.1. The van der Waals surface area contributed by atoms with Crippen molar-refractivity contribution in [3.05, 3.63) is 101 Å². The Morgan fingerprint density at radius 2 is 1.66 bits per heavy atom. The van der Waals surface area contributed by atoms with Crippen molar-refractivity contribution >= 4 is 44.4 Å². The van der Waals surface area contributed by atoms with Crippen LogP contribution in [0.1, 0.15) is 97.8 Å². The largest absolute Gasteiger partial charge is 0.493 e. The number of hydrogen-bond donors (Lipinski definition) is 1. The number of pyridine rings is 1. The van der Waals surface area contributed by atoms with E-state index in [1.807, 2.05) is 101 Å². The first kappa shape index (κ1) is 42.8. The fourth-order valence-electron chi connectivity index (χ4n) is 9.31. The van der Waals surface area contributed by atoms with Gasteiger partial charge in [0.25, 0.3) is 5.91 Å². The maximum absolute atomic E-state index is 14.0. The monoisotopic (exact) mass is 845 g/mol. The van der Waals surface area contributed by atoms with E-state index >= 15 is 0 Å². The minimum atomic E-state index is -0.715. The molecule has 1 N–H and O–H groups in total. The lowest BCUT2D eigenvalue weighted by molar-refractivity contribution is -0.153. The highest BCUT2D eigenvalue weighted by molar-refractivity contribution is 7.22. The number of fused-ring (bicyclic) bond motifs is 2. The predicted molar refractivity (Wildman–Crippen MR) is 242 cm³/mol. The topological polar surface area (TPSA) is 115 Å². The Morgan fingerprint density at radius 1 is 0.902 bits per heavy atom. The highest BCUT2D eigenvalue weighted by atomic mass is 32.1. The van der Waals surface area contributed by atoms with Gasteiger partial charge in [0.2, 0.25) is 0 Å². The van der Waals surface area contributed by atoms with Crippen molar-refractivity contribution in [2.75, 3.05) is 56.2 Å². The number of hydrogen-bond acceptors (Lipinski definition) is 11. The van der Waals surface area contributed by atoms with E-state index in [0.717, 1.165) is 64.3 Å². The molecule has 0 atom stereocenters. The minimum absolute atomic E-state index is 0.153. The Labute approximate surface area is 363 Å². The number of carbonyl (C=O) groups is 2. The number of rotatable bonds is 14. The van der Waals surface area contributed by atoms with E-state index in [4.69, 9.17) is 23.9 Å². The molecule has 1 saturated heterocycles. The van der Waals surface area contributed by atoms with Gasteiger partial charge in [0.1, 0.15) is 17.2 Å². The van der Waals surface area contributed by atoms with Crippen molar-refractivity contribution < 1.29 is 28.5 Å². The molecule has 11 nitrogen and oxygen atoms in total. The molecule has 5 aromatic rings. The third-order valence-electron chi connectivity index (χ3n) is 12.4. The number of amides is 1. The molecule has 2 aliphatic heterocycles. The van der Waals surface area contributed by atoms with Gasteiger partial charge in [-0.3, -0.25) is 15.0 Å². The van der Waals surface area contributed by atoms with E-state index in [9.17, 15) is 9.59 Å². The highest BCUT2D eigenvalue weighted by Gasteiger charge is 2.46. The number of carbonyl (C=O) groups excluding carboxylic acids is 2. The van der Waals surface area contributed by atoms with Crippen LogP contribution in [0.3, 0.4) is 0 Å². The number of esters is 1. The molecule has 2 aromatic heterocycles. The number of nitrogens with one attached hydrogen (secondary N) is 1. The van der Waals surface area contributed by atoms with Gasteiger partial charge >= 0.3 is 5.97 Å². The second-order valence-electron chi connectivity index (χ2n) is 17.8. The minimum Gasteiger partial charge on any atom is -0.493 e. The zero-order valence-corrected chi connectivity index (χ0v) is 37.2. The fourth-order valence-corrected chi connectivity index (χ4v) is 10.2. The van der Waals surface area contributed by atoms with Crippen LogP contribution in [0.15, 0.2) is 72.8 Å². The number of benzene rings is 3. The van der Waals surface area contributed by atoms with Crippen molar-refractivity contribution in [1.82, 2.24) is 14.9 Å². The molecule has 8 rings (SSSR count). The standard InChI is InChI=1S/C49H59N5O6S/c1-7-57-43(58-8-2)30-53-25-22-49(23-26-53)27-33(28-49)31-59-40-17-12-14-35(32(40)3)36-19-20-42(51-44(36)46(56)60-48(4,5)6)54-24-21-34-13-11-15-37(38(34)29-54)45(55)52-47-50-39-16-9-10-18-41(39)61-47/h9-20,33,43H,7-8,21-31H2,1-6H3,(H,50,52,55). The summed E-state index contributed by atoms with van der Waals surface area (Å²) in [5, 5.41) is 3.60. The molecular formula is C49H59N5O6S. The zero-order valence-electron chi connectivity index (χ0n) is 36.4. The van der Waals surface area contributed by atoms with Crippen molar-refractivity contribution in [2.45, 2.75) is 92.1 Å². The van der Waals surface area contributed by atoms with Gasteiger partial charge in [-0.15, -0.1) is 0 Å². The van der Waals surface area contributed by atoms with Crippen molar-refractivity contribution in [2.24, 2.45) is 11.3 Å². The highest BCUT2D eigenvalue weighted by Crippen LogP contribution is 2.52. The first-order chi connectivity index (χ1) is 29.4. The second-order valence-corrected chi connectivity index (χ2v) is 18.8. The quantitative estimate of drug-likeness (QED) is 0.0856. The van der Waals surface area contributed by atoms with Crippen molar-refractivity contribution in [1.29, 1.82) is 0 Å². The van der Waals surface area contributed by atoms with Crippen LogP contribution in [0, 0.1) is 18.3 Å². The third kappa shape index (κ3) is 9.78. The first-order valence-corrected chi connectivity index (χ1v) is 22.7. The molecule has 3 aliphatic rings. The Bertz CT molecular complexity index is 2320. The maximum atomic E-state index is 14.0. The summed E-state index contributed by atoms with van der Waals surface area (Å²) in [5.74, 6) is 1.29. The van der Waals surface area contributed by atoms with Crippen molar-refractivity contribution in [3.8, 4) is 16.9 Å². The van der Waals surface area contributed by atoms with Crippen LogP contribution in [0.5, 0.6) is 5.75 Å². The molecule has 0 bridgehead atoms. The number of piperidine rings is 1. The summed E-state index contributed by atoms with van der Waals surface area (Å²) in [7, 11) is 0. The summed E-state index contributed by atoms with van der Waals surface area (Å²) in [6.45, 7) is 17.8. The van der Waals surface area contributed by atoms with E-state index in [1.54, 1.807) is 0 Å². The number of thiazole rings is 1. The van der Waals surface area contributed by atoms with Crippen LogP contribution in [0.4, 0.5) is 10.9 Å². The molecule has 1 amide bonds. The van der Waals surface area contributed by atoms with Crippen LogP contribution < -0.4 is 15.0 Å².